The first-order valence-electron chi connectivity index (χ1n) is 4.34. The summed E-state index contributed by atoms with van der Waals surface area (Å²) < 4.78 is 19.3. The van der Waals surface area contributed by atoms with E-state index in [-0.39, 0.29) is 10.9 Å². The molecule has 0 spiro atoms. The van der Waals surface area contributed by atoms with Crippen LogP contribution in [0.15, 0.2) is 22.7 Å². The van der Waals surface area contributed by atoms with Crippen LogP contribution in [0.25, 0.3) is 0 Å². The topological polar surface area (TPSA) is 61.0 Å². The van der Waals surface area contributed by atoms with Crippen LogP contribution in [0, 0.1) is 5.82 Å². The Labute approximate surface area is 103 Å². The smallest absolute Gasteiger partial charge is 0.299 e. The molecule has 2 aromatic rings. The molecule has 4 nitrogen and oxygen atoms in total. The maximum atomic E-state index is 13.3. The third-order valence-electron chi connectivity index (χ3n) is 1.71. The summed E-state index contributed by atoms with van der Waals surface area (Å²) in [6, 6.07) is 4.43. The van der Waals surface area contributed by atoms with E-state index in [9.17, 15) is 4.39 Å². The van der Waals surface area contributed by atoms with E-state index in [4.69, 9.17) is 10.5 Å². The molecule has 16 heavy (non-hydrogen) atoms. The molecule has 0 saturated heterocycles. The molecule has 2 N–H and O–H groups in total. The first kappa shape index (κ1) is 11.4. The fourth-order valence-electron chi connectivity index (χ4n) is 1.01. The van der Waals surface area contributed by atoms with Crippen LogP contribution < -0.4 is 10.5 Å². The Bertz CT molecular complexity index is 505. The SMILES string of the molecule is NCc1nnc(Oc2cc(Br)ccc2F)s1. The number of hydrogen-bond donors (Lipinski definition) is 1. The highest BCUT2D eigenvalue weighted by atomic mass is 79.9. The van der Waals surface area contributed by atoms with Gasteiger partial charge in [-0.15, -0.1) is 5.10 Å². The molecule has 1 aromatic carbocycles. The van der Waals surface area contributed by atoms with Crippen molar-refractivity contribution in [3.63, 3.8) is 0 Å². The lowest BCUT2D eigenvalue weighted by Crippen LogP contribution is -1.94. The molecule has 0 saturated carbocycles. The largest absolute Gasteiger partial charge is 0.427 e. The third kappa shape index (κ3) is 2.55. The van der Waals surface area contributed by atoms with Crippen LogP contribution in [0.3, 0.4) is 0 Å². The third-order valence-corrected chi connectivity index (χ3v) is 3.03. The fourth-order valence-corrected chi connectivity index (χ4v) is 1.93. The average Bonchev–Trinajstić information content (AvgIpc) is 2.71. The normalized spacial score (nSPS) is 10.4. The van der Waals surface area contributed by atoms with Crippen molar-refractivity contribution in [3.05, 3.63) is 33.5 Å². The molecule has 0 aliphatic heterocycles. The van der Waals surface area contributed by atoms with E-state index in [1.165, 1.54) is 23.5 Å². The van der Waals surface area contributed by atoms with Gasteiger partial charge in [0.05, 0.1) is 0 Å². The molecule has 84 valence electrons. The number of benzene rings is 1. The van der Waals surface area contributed by atoms with Crippen LogP contribution in [-0.2, 0) is 6.54 Å². The van der Waals surface area contributed by atoms with Gasteiger partial charge in [-0.05, 0) is 18.2 Å². The molecule has 1 heterocycles. The summed E-state index contributed by atoms with van der Waals surface area (Å²) >= 11 is 4.42. The van der Waals surface area contributed by atoms with E-state index >= 15 is 0 Å². The summed E-state index contributed by atoms with van der Waals surface area (Å²) in [6.45, 7) is 0.294. The van der Waals surface area contributed by atoms with Crippen molar-refractivity contribution in [2.24, 2.45) is 5.73 Å². The number of rotatable bonds is 3. The molecule has 0 radical (unpaired) electrons. The molecule has 0 aliphatic rings. The van der Waals surface area contributed by atoms with Gasteiger partial charge in [-0.1, -0.05) is 32.4 Å². The van der Waals surface area contributed by atoms with Gasteiger partial charge in [-0.2, -0.15) is 0 Å². The second-order valence-electron chi connectivity index (χ2n) is 2.84. The van der Waals surface area contributed by atoms with Crippen LogP contribution in [0.2, 0.25) is 0 Å². The maximum Gasteiger partial charge on any atom is 0.299 e. The number of ether oxygens (including phenoxy) is 1. The molecule has 1 aromatic heterocycles. The first-order valence-corrected chi connectivity index (χ1v) is 5.95. The van der Waals surface area contributed by atoms with E-state index in [0.717, 1.165) is 4.47 Å². The van der Waals surface area contributed by atoms with Gasteiger partial charge >= 0.3 is 0 Å². The lowest BCUT2D eigenvalue weighted by Gasteiger charge is -2.02. The van der Waals surface area contributed by atoms with E-state index in [2.05, 4.69) is 26.1 Å². The standard InChI is InChI=1S/C9H7BrFN3OS/c10-5-1-2-6(11)7(3-5)15-9-14-13-8(4-12)16-9/h1-3H,4,12H2. The minimum absolute atomic E-state index is 0.106. The van der Waals surface area contributed by atoms with Gasteiger partial charge in [-0.25, -0.2) is 4.39 Å². The summed E-state index contributed by atoms with van der Waals surface area (Å²) in [7, 11) is 0. The highest BCUT2D eigenvalue weighted by Crippen LogP contribution is 2.29. The number of aromatic nitrogens is 2. The van der Waals surface area contributed by atoms with Crippen LogP contribution in [0.1, 0.15) is 5.01 Å². The molecule has 0 fully saturated rings. The number of hydrogen-bond acceptors (Lipinski definition) is 5. The highest BCUT2D eigenvalue weighted by molar-refractivity contribution is 9.10. The summed E-state index contributed by atoms with van der Waals surface area (Å²) in [4.78, 5) is 0. The van der Waals surface area contributed by atoms with Crippen molar-refractivity contribution in [1.82, 2.24) is 10.2 Å². The minimum atomic E-state index is -0.451. The van der Waals surface area contributed by atoms with Crippen LogP contribution in [0.4, 0.5) is 4.39 Å². The van der Waals surface area contributed by atoms with Crippen LogP contribution >= 0.6 is 27.3 Å². The van der Waals surface area contributed by atoms with Crippen molar-refractivity contribution in [1.29, 1.82) is 0 Å². The van der Waals surface area contributed by atoms with Gasteiger partial charge in [0.2, 0.25) is 0 Å². The number of halogens is 2. The Morgan fingerprint density at radius 2 is 2.25 bits per heavy atom. The van der Waals surface area contributed by atoms with Crippen LogP contribution in [0.5, 0.6) is 10.9 Å². The van der Waals surface area contributed by atoms with Crippen LogP contribution in [-0.4, -0.2) is 10.2 Å². The van der Waals surface area contributed by atoms with Gasteiger partial charge in [0.15, 0.2) is 11.6 Å². The summed E-state index contributed by atoms with van der Waals surface area (Å²) in [5.74, 6) is -0.346. The Kier molecular flexibility index (Phi) is 3.47. The molecule has 0 bridgehead atoms. The first-order chi connectivity index (χ1) is 7.69. The number of nitrogens with zero attached hydrogens (tertiary/aromatic N) is 2. The van der Waals surface area contributed by atoms with Crippen molar-refractivity contribution in [2.45, 2.75) is 6.54 Å². The summed E-state index contributed by atoms with van der Waals surface area (Å²) in [6.07, 6.45) is 0. The van der Waals surface area contributed by atoms with Crippen molar-refractivity contribution in [3.8, 4) is 10.9 Å². The van der Waals surface area contributed by atoms with Gasteiger partial charge in [0, 0.05) is 11.0 Å². The highest BCUT2D eigenvalue weighted by Gasteiger charge is 2.09. The zero-order chi connectivity index (χ0) is 11.5. The van der Waals surface area contributed by atoms with Gasteiger partial charge < -0.3 is 10.5 Å². The van der Waals surface area contributed by atoms with Crippen molar-refractivity contribution < 1.29 is 9.13 Å². The molecule has 7 heteroatoms. The predicted molar refractivity (Wildman–Crippen MR) is 62.0 cm³/mol. The second-order valence-corrected chi connectivity index (χ2v) is 4.78. The quantitative estimate of drug-likeness (QED) is 0.947. The molecule has 0 unspecified atom stereocenters. The van der Waals surface area contributed by atoms with Gasteiger partial charge in [-0.3, -0.25) is 0 Å². The minimum Gasteiger partial charge on any atom is -0.427 e. The second kappa shape index (κ2) is 4.86. The lowest BCUT2D eigenvalue weighted by atomic mass is 10.3. The van der Waals surface area contributed by atoms with Crippen molar-refractivity contribution in [2.75, 3.05) is 0 Å². The fraction of sp³-hybridized carbons (Fsp3) is 0.111. The molecule has 0 amide bonds. The van der Waals surface area contributed by atoms with Gasteiger partial charge in [0.1, 0.15) is 5.01 Å². The Morgan fingerprint density at radius 1 is 1.44 bits per heavy atom. The Hall–Kier alpha value is -1.05. The predicted octanol–water partition coefficient (Wildman–Crippen LogP) is 2.69. The zero-order valence-electron chi connectivity index (χ0n) is 7.98. The van der Waals surface area contributed by atoms with E-state index in [0.29, 0.717) is 11.6 Å². The van der Waals surface area contributed by atoms with Crippen molar-refractivity contribution >= 4 is 27.3 Å². The van der Waals surface area contributed by atoms with E-state index in [1.807, 2.05) is 0 Å². The Morgan fingerprint density at radius 3 is 2.94 bits per heavy atom. The van der Waals surface area contributed by atoms with Gasteiger partial charge in [0.25, 0.3) is 5.19 Å². The molecule has 0 aliphatic carbocycles. The molecule has 2 rings (SSSR count). The molecular formula is C9H7BrFN3OS. The van der Waals surface area contributed by atoms with E-state index in [1.54, 1.807) is 6.07 Å². The van der Waals surface area contributed by atoms with E-state index < -0.39 is 5.82 Å². The zero-order valence-corrected chi connectivity index (χ0v) is 10.4. The summed E-state index contributed by atoms with van der Waals surface area (Å²) in [5.41, 5.74) is 5.38. The Balaban J connectivity index is 2.22. The molecular weight excluding hydrogens is 297 g/mol. The molecule has 0 atom stereocenters. The number of nitrogens with two attached hydrogens (primary N) is 1. The monoisotopic (exact) mass is 303 g/mol. The summed E-state index contributed by atoms with van der Waals surface area (Å²) in [5, 5.41) is 8.42. The average molecular weight is 304 g/mol. The lowest BCUT2D eigenvalue weighted by molar-refractivity contribution is 0.435. The maximum absolute atomic E-state index is 13.3.